The summed E-state index contributed by atoms with van der Waals surface area (Å²) in [5.74, 6) is 0. The molecule has 0 aliphatic carbocycles. The second-order valence-electron chi connectivity index (χ2n) is 5.65. The molecule has 2 saturated heterocycles. The van der Waals surface area contributed by atoms with Gasteiger partial charge in [-0.15, -0.1) is 0 Å². The SMILES string of the molecule is [C-]#[N+][C@H](C)CC1CC[C@@H]2O[C@@H](/C=C/C)C[C@]2(CO)O1. The number of aliphatic hydroxyl groups is 1. The highest BCUT2D eigenvalue weighted by atomic mass is 16.6. The van der Waals surface area contributed by atoms with Crippen LogP contribution in [0, 0.1) is 6.57 Å². The third-order valence-electron chi connectivity index (χ3n) is 4.12. The van der Waals surface area contributed by atoms with Crippen molar-refractivity contribution in [3.63, 3.8) is 0 Å². The number of rotatable bonds is 4. The maximum Gasteiger partial charge on any atom is 0.223 e. The molecule has 0 amide bonds. The van der Waals surface area contributed by atoms with Gasteiger partial charge in [-0.3, -0.25) is 0 Å². The fourth-order valence-corrected chi connectivity index (χ4v) is 3.17. The lowest BCUT2D eigenvalue weighted by Gasteiger charge is -2.40. The van der Waals surface area contributed by atoms with Gasteiger partial charge in [0.25, 0.3) is 0 Å². The smallest absolute Gasteiger partial charge is 0.223 e. The van der Waals surface area contributed by atoms with Crippen LogP contribution >= 0.6 is 0 Å². The van der Waals surface area contributed by atoms with Gasteiger partial charge in [0.15, 0.2) is 0 Å². The predicted molar refractivity (Wildman–Crippen MR) is 72.7 cm³/mol. The summed E-state index contributed by atoms with van der Waals surface area (Å²) in [5, 5.41) is 9.76. The van der Waals surface area contributed by atoms with E-state index in [0.29, 0.717) is 6.42 Å². The summed E-state index contributed by atoms with van der Waals surface area (Å²) in [6, 6.07) is -0.0223. The van der Waals surface area contributed by atoms with Crippen LogP contribution in [-0.2, 0) is 9.47 Å². The topological polar surface area (TPSA) is 43.0 Å². The number of allylic oxidation sites excluding steroid dienone is 1. The van der Waals surface area contributed by atoms with Gasteiger partial charge in [-0.2, -0.15) is 0 Å². The Labute approximate surface area is 115 Å². The van der Waals surface area contributed by atoms with Gasteiger partial charge in [-0.25, -0.2) is 6.57 Å². The second kappa shape index (κ2) is 6.04. The summed E-state index contributed by atoms with van der Waals surface area (Å²) in [4.78, 5) is 3.53. The first-order valence-corrected chi connectivity index (χ1v) is 7.07. The van der Waals surface area contributed by atoms with Crippen LogP contribution in [0.4, 0.5) is 0 Å². The zero-order chi connectivity index (χ0) is 13.9. The molecule has 4 heteroatoms. The highest BCUT2D eigenvalue weighted by molar-refractivity contribution is 5.06. The molecule has 0 aromatic carbocycles. The Bertz CT molecular complexity index is 376. The molecule has 4 nitrogen and oxygen atoms in total. The van der Waals surface area contributed by atoms with Gasteiger partial charge in [0, 0.05) is 19.8 Å². The first kappa shape index (κ1) is 14.5. The van der Waals surface area contributed by atoms with E-state index in [1.54, 1.807) is 0 Å². The fourth-order valence-electron chi connectivity index (χ4n) is 3.17. The number of ether oxygens (including phenoxy) is 2. The van der Waals surface area contributed by atoms with Crippen molar-refractivity contribution in [2.75, 3.05) is 6.61 Å². The summed E-state index contributed by atoms with van der Waals surface area (Å²) in [6.07, 6.45) is 7.37. The molecule has 0 radical (unpaired) electrons. The third kappa shape index (κ3) is 3.00. The molecule has 2 fully saturated rings. The van der Waals surface area contributed by atoms with Gasteiger partial charge in [0.1, 0.15) is 5.60 Å². The van der Waals surface area contributed by atoms with Crippen LogP contribution in [0.3, 0.4) is 0 Å². The van der Waals surface area contributed by atoms with Crippen LogP contribution < -0.4 is 0 Å². The van der Waals surface area contributed by atoms with Crippen LogP contribution in [0.25, 0.3) is 4.85 Å². The Morgan fingerprint density at radius 1 is 1.53 bits per heavy atom. The Kier molecular flexibility index (Phi) is 4.62. The second-order valence-corrected chi connectivity index (χ2v) is 5.65. The third-order valence-corrected chi connectivity index (χ3v) is 4.12. The highest BCUT2D eigenvalue weighted by Crippen LogP contribution is 2.42. The van der Waals surface area contributed by atoms with E-state index in [4.69, 9.17) is 16.0 Å². The van der Waals surface area contributed by atoms with E-state index in [0.717, 1.165) is 19.3 Å². The van der Waals surface area contributed by atoms with Crippen molar-refractivity contribution in [1.82, 2.24) is 0 Å². The Balaban J connectivity index is 2.04. The minimum Gasteiger partial charge on any atom is -0.393 e. The van der Waals surface area contributed by atoms with Gasteiger partial charge in [0.05, 0.1) is 24.9 Å². The lowest BCUT2D eigenvalue weighted by molar-refractivity contribution is -0.183. The lowest BCUT2D eigenvalue weighted by Crippen LogP contribution is -2.51. The average molecular weight is 265 g/mol. The average Bonchev–Trinajstić information content (AvgIpc) is 2.77. The van der Waals surface area contributed by atoms with Crippen molar-refractivity contribution >= 4 is 0 Å². The van der Waals surface area contributed by atoms with E-state index < -0.39 is 5.60 Å². The summed E-state index contributed by atoms with van der Waals surface area (Å²) in [7, 11) is 0. The van der Waals surface area contributed by atoms with Crippen LogP contribution in [0.15, 0.2) is 12.2 Å². The maximum absolute atomic E-state index is 9.76. The van der Waals surface area contributed by atoms with E-state index in [1.807, 2.05) is 26.0 Å². The van der Waals surface area contributed by atoms with Gasteiger partial charge in [0.2, 0.25) is 6.04 Å². The Morgan fingerprint density at radius 3 is 2.95 bits per heavy atom. The van der Waals surface area contributed by atoms with E-state index in [1.165, 1.54) is 0 Å². The van der Waals surface area contributed by atoms with Gasteiger partial charge in [-0.05, 0) is 19.8 Å². The molecule has 0 aromatic heterocycles. The molecule has 19 heavy (non-hydrogen) atoms. The molecule has 106 valence electrons. The fraction of sp³-hybridized carbons (Fsp3) is 0.800. The molecule has 0 aromatic rings. The van der Waals surface area contributed by atoms with Crippen molar-refractivity contribution in [1.29, 1.82) is 0 Å². The van der Waals surface area contributed by atoms with E-state index >= 15 is 0 Å². The zero-order valence-electron chi connectivity index (χ0n) is 11.7. The molecule has 2 heterocycles. The molecule has 2 rings (SSSR count). The summed E-state index contributed by atoms with van der Waals surface area (Å²) in [6.45, 7) is 10.9. The first-order chi connectivity index (χ1) is 9.13. The lowest BCUT2D eigenvalue weighted by atomic mass is 9.86. The van der Waals surface area contributed by atoms with Crippen molar-refractivity contribution in [3.8, 4) is 0 Å². The van der Waals surface area contributed by atoms with Gasteiger partial charge < -0.3 is 19.4 Å². The maximum atomic E-state index is 9.76. The van der Waals surface area contributed by atoms with Crippen molar-refractivity contribution < 1.29 is 14.6 Å². The van der Waals surface area contributed by atoms with Gasteiger partial charge in [-0.1, -0.05) is 12.2 Å². The molecule has 5 atom stereocenters. The monoisotopic (exact) mass is 265 g/mol. The van der Waals surface area contributed by atoms with Gasteiger partial charge >= 0.3 is 0 Å². The predicted octanol–water partition coefficient (Wildman–Crippen LogP) is 2.33. The Hall–Kier alpha value is -0.890. The standard InChI is InChI=1S/C15H23NO3/c1-4-5-13-9-15(10-17)14(18-13)7-6-12(19-15)8-11(2)16-3/h4-5,11-14,17H,6-10H2,1-2H3/b5-4+/t11-,12?,13+,14+,15-/m1/s1. The largest absolute Gasteiger partial charge is 0.393 e. The molecule has 2 aliphatic heterocycles. The molecule has 2 aliphatic rings. The molecular weight excluding hydrogens is 242 g/mol. The number of aliphatic hydroxyl groups excluding tert-OH is 1. The van der Waals surface area contributed by atoms with E-state index in [-0.39, 0.29) is 31.0 Å². The van der Waals surface area contributed by atoms with Crippen LogP contribution in [-0.4, -0.2) is 41.7 Å². The minimum atomic E-state index is -0.561. The highest BCUT2D eigenvalue weighted by Gasteiger charge is 2.52. The van der Waals surface area contributed by atoms with Crippen molar-refractivity contribution in [3.05, 3.63) is 23.6 Å². The molecule has 1 unspecified atom stereocenters. The quantitative estimate of drug-likeness (QED) is 0.626. The number of hydrogen-bond acceptors (Lipinski definition) is 3. The zero-order valence-corrected chi connectivity index (χ0v) is 11.7. The van der Waals surface area contributed by atoms with Crippen molar-refractivity contribution in [2.24, 2.45) is 0 Å². The molecular formula is C15H23NO3. The number of nitrogens with zero attached hydrogens (tertiary/aromatic N) is 1. The summed E-state index contributed by atoms with van der Waals surface area (Å²) < 4.78 is 12.1. The number of hydrogen-bond donors (Lipinski definition) is 1. The normalized spacial score (nSPS) is 40.0. The van der Waals surface area contributed by atoms with Crippen molar-refractivity contribution in [2.45, 2.75) is 69.5 Å². The summed E-state index contributed by atoms with van der Waals surface area (Å²) in [5.41, 5.74) is -0.561. The van der Waals surface area contributed by atoms with E-state index in [9.17, 15) is 5.11 Å². The number of fused-ring (bicyclic) bond motifs is 1. The Morgan fingerprint density at radius 2 is 2.32 bits per heavy atom. The summed E-state index contributed by atoms with van der Waals surface area (Å²) >= 11 is 0. The molecule has 0 bridgehead atoms. The minimum absolute atomic E-state index is 0.00534. The van der Waals surface area contributed by atoms with Crippen LogP contribution in [0.1, 0.15) is 39.5 Å². The molecule has 1 N–H and O–H groups in total. The molecule has 0 saturated carbocycles. The van der Waals surface area contributed by atoms with E-state index in [2.05, 4.69) is 4.85 Å². The first-order valence-electron chi connectivity index (χ1n) is 7.07. The van der Waals surface area contributed by atoms with Crippen LogP contribution in [0.2, 0.25) is 0 Å². The molecule has 0 spiro atoms. The van der Waals surface area contributed by atoms with Crippen LogP contribution in [0.5, 0.6) is 0 Å².